The quantitative estimate of drug-likeness (QED) is 0.362. The number of halogens is 4. The minimum Gasteiger partial charge on any atom is -0.451 e. The van der Waals surface area contributed by atoms with E-state index in [9.17, 15) is 18.0 Å². The normalized spacial score (nSPS) is 16.8. The first-order valence-corrected chi connectivity index (χ1v) is 11.1. The molecule has 0 bridgehead atoms. The molecule has 5 rings (SSSR count). The monoisotopic (exact) mass is 510 g/mol. The van der Waals surface area contributed by atoms with Gasteiger partial charge >= 0.3 is 5.69 Å². The van der Waals surface area contributed by atoms with Gasteiger partial charge in [0, 0.05) is 36.5 Å². The first-order chi connectivity index (χ1) is 17.8. The minimum atomic E-state index is -0.904. The number of nitriles is 1. The van der Waals surface area contributed by atoms with Gasteiger partial charge in [0.25, 0.3) is 0 Å². The van der Waals surface area contributed by atoms with E-state index < -0.39 is 35.5 Å². The van der Waals surface area contributed by atoms with Crippen molar-refractivity contribution in [2.45, 2.75) is 19.5 Å². The molecule has 1 fully saturated rings. The van der Waals surface area contributed by atoms with Gasteiger partial charge in [-0.2, -0.15) is 19.4 Å². The van der Waals surface area contributed by atoms with Crippen LogP contribution < -0.4 is 15.3 Å². The largest absolute Gasteiger partial charge is 0.451 e. The molecule has 1 aliphatic heterocycles. The average molecular weight is 510 g/mol. The van der Waals surface area contributed by atoms with Crippen LogP contribution in [0.2, 0.25) is 0 Å². The second-order valence-corrected chi connectivity index (χ2v) is 8.45. The van der Waals surface area contributed by atoms with Crippen LogP contribution in [0.3, 0.4) is 0 Å². The van der Waals surface area contributed by atoms with Gasteiger partial charge in [0.2, 0.25) is 5.82 Å². The molecule has 0 aliphatic carbocycles. The molecule has 2 aromatic heterocycles. The van der Waals surface area contributed by atoms with Crippen molar-refractivity contribution in [3.8, 4) is 23.3 Å². The maximum atomic E-state index is 15.1. The van der Waals surface area contributed by atoms with Crippen molar-refractivity contribution < 1.29 is 22.3 Å². The number of aromatic nitrogens is 4. The topological polar surface area (TPSA) is 89.0 Å². The summed E-state index contributed by atoms with van der Waals surface area (Å²) in [4.78, 5) is 18.4. The van der Waals surface area contributed by atoms with E-state index in [1.54, 1.807) is 11.8 Å². The highest BCUT2D eigenvalue weighted by molar-refractivity contribution is 5.51. The van der Waals surface area contributed by atoms with Crippen LogP contribution in [0.4, 0.5) is 23.4 Å². The van der Waals surface area contributed by atoms with Crippen LogP contribution in [0.25, 0.3) is 5.69 Å². The summed E-state index contributed by atoms with van der Waals surface area (Å²) in [5.41, 5.74) is -1.04. The summed E-state index contributed by atoms with van der Waals surface area (Å²) in [6.45, 7) is 1.69. The van der Waals surface area contributed by atoms with Crippen LogP contribution in [0.15, 0.2) is 59.8 Å². The van der Waals surface area contributed by atoms with Crippen LogP contribution in [0, 0.1) is 40.5 Å². The predicted octanol–water partition coefficient (Wildman–Crippen LogP) is 4.17. The average Bonchev–Trinajstić information content (AvgIpc) is 3.24. The number of nitrogens with zero attached hydrogens (tertiary/aromatic N) is 6. The molecular weight excluding hydrogens is 492 g/mol. The molecule has 12 heteroatoms. The van der Waals surface area contributed by atoms with E-state index in [1.165, 1.54) is 30.5 Å². The molecule has 1 saturated heterocycles. The number of hydrogen-bond acceptors (Lipinski definition) is 6. The zero-order valence-corrected chi connectivity index (χ0v) is 19.3. The van der Waals surface area contributed by atoms with Gasteiger partial charge in [-0.05, 0) is 31.2 Å². The molecule has 188 valence electrons. The van der Waals surface area contributed by atoms with E-state index in [0.717, 1.165) is 33.8 Å². The molecule has 2 atom stereocenters. The molecule has 4 aromatic rings. The molecule has 8 nitrogen and oxygen atoms in total. The standard InChI is InChI=1S/C25H18F4N6O2/c1-14-15(10-30)11-34(14)24-23(29)22(7-8-31-24)37-21-6-5-16(9-20(21)28)35-25(36)33(13-32-35)12-17-18(26)3-2-4-19(17)27/h2-9,13-15H,11-12H2,1H3/t14-,15-/m1/s1. The summed E-state index contributed by atoms with van der Waals surface area (Å²) in [5.74, 6) is -4.15. The Hall–Kier alpha value is -4.66. The van der Waals surface area contributed by atoms with Crippen molar-refractivity contribution in [1.82, 2.24) is 19.3 Å². The molecule has 0 amide bonds. The van der Waals surface area contributed by atoms with Gasteiger partial charge in [-0.3, -0.25) is 4.57 Å². The molecule has 0 spiro atoms. The summed E-state index contributed by atoms with van der Waals surface area (Å²) in [6, 6.07) is 10.00. The van der Waals surface area contributed by atoms with Crippen molar-refractivity contribution >= 4 is 5.82 Å². The molecule has 2 aromatic carbocycles. The number of pyridine rings is 1. The molecule has 37 heavy (non-hydrogen) atoms. The molecule has 0 radical (unpaired) electrons. The lowest BCUT2D eigenvalue weighted by Gasteiger charge is -2.43. The molecule has 0 saturated carbocycles. The Balaban J connectivity index is 1.37. The van der Waals surface area contributed by atoms with Crippen molar-refractivity contribution in [1.29, 1.82) is 5.26 Å². The van der Waals surface area contributed by atoms with Gasteiger partial charge in [0.15, 0.2) is 23.1 Å². The van der Waals surface area contributed by atoms with E-state index in [-0.39, 0.29) is 40.5 Å². The highest BCUT2D eigenvalue weighted by atomic mass is 19.1. The maximum Gasteiger partial charge on any atom is 0.350 e. The molecular formula is C25H18F4N6O2. The zero-order valence-electron chi connectivity index (χ0n) is 19.3. The summed E-state index contributed by atoms with van der Waals surface area (Å²) in [7, 11) is 0. The molecule has 1 aliphatic rings. The van der Waals surface area contributed by atoms with Gasteiger partial charge in [0.05, 0.1) is 24.2 Å². The lowest BCUT2D eigenvalue weighted by atomic mass is 9.91. The SMILES string of the molecule is C[C@@H]1[C@H](C#N)CN1c1nccc(Oc2ccc(-n3ncn(Cc4c(F)cccc4F)c3=O)cc2F)c1F. The molecule has 3 heterocycles. The Bertz CT molecular complexity index is 1570. The van der Waals surface area contributed by atoms with Crippen molar-refractivity contribution in [2.75, 3.05) is 11.4 Å². The third-order valence-electron chi connectivity index (χ3n) is 6.24. The number of anilines is 1. The molecule has 0 unspecified atom stereocenters. The lowest BCUT2D eigenvalue weighted by Crippen LogP contribution is -2.54. The summed E-state index contributed by atoms with van der Waals surface area (Å²) >= 11 is 0. The van der Waals surface area contributed by atoms with Gasteiger partial charge in [-0.15, -0.1) is 0 Å². The van der Waals surface area contributed by atoms with Crippen LogP contribution >= 0.6 is 0 Å². The number of hydrogen-bond donors (Lipinski definition) is 0. The van der Waals surface area contributed by atoms with E-state index in [2.05, 4.69) is 16.2 Å². The van der Waals surface area contributed by atoms with Crippen molar-refractivity contribution in [2.24, 2.45) is 5.92 Å². The van der Waals surface area contributed by atoms with Crippen LogP contribution in [0.1, 0.15) is 12.5 Å². The Kier molecular flexibility index (Phi) is 6.12. The first kappa shape index (κ1) is 24.1. The Morgan fingerprint density at radius 1 is 1.08 bits per heavy atom. The second-order valence-electron chi connectivity index (χ2n) is 8.45. The summed E-state index contributed by atoms with van der Waals surface area (Å²) in [5, 5.41) is 13.0. The van der Waals surface area contributed by atoms with Crippen molar-refractivity contribution in [3.05, 3.63) is 94.3 Å². The highest BCUT2D eigenvalue weighted by Crippen LogP contribution is 2.36. The highest BCUT2D eigenvalue weighted by Gasteiger charge is 2.38. The molecule has 0 N–H and O–H groups in total. The smallest absolute Gasteiger partial charge is 0.350 e. The third kappa shape index (κ3) is 4.29. The van der Waals surface area contributed by atoms with Gasteiger partial charge < -0.3 is 9.64 Å². The Morgan fingerprint density at radius 3 is 2.51 bits per heavy atom. The second kappa shape index (κ2) is 9.42. The Labute approximate surface area is 207 Å². The number of rotatable bonds is 6. The predicted molar refractivity (Wildman–Crippen MR) is 123 cm³/mol. The van der Waals surface area contributed by atoms with Crippen LogP contribution in [0.5, 0.6) is 11.5 Å². The van der Waals surface area contributed by atoms with Gasteiger partial charge in [0.1, 0.15) is 18.0 Å². The minimum absolute atomic E-state index is 0.00286. The Morgan fingerprint density at radius 2 is 1.84 bits per heavy atom. The maximum absolute atomic E-state index is 15.1. The number of ether oxygens (including phenoxy) is 1. The first-order valence-electron chi connectivity index (χ1n) is 11.1. The summed E-state index contributed by atoms with van der Waals surface area (Å²) in [6.07, 6.45) is 2.40. The van der Waals surface area contributed by atoms with E-state index in [1.807, 2.05) is 0 Å². The fraction of sp³-hybridized carbons (Fsp3) is 0.200. The lowest BCUT2D eigenvalue weighted by molar-refractivity contribution is 0.368. The summed E-state index contributed by atoms with van der Waals surface area (Å²) < 4.78 is 65.1. The van der Waals surface area contributed by atoms with E-state index >= 15 is 4.39 Å². The van der Waals surface area contributed by atoms with E-state index in [0.29, 0.717) is 6.54 Å². The number of benzene rings is 2. The fourth-order valence-electron chi connectivity index (χ4n) is 4.03. The van der Waals surface area contributed by atoms with Crippen LogP contribution in [-0.2, 0) is 6.54 Å². The zero-order chi connectivity index (χ0) is 26.3. The van der Waals surface area contributed by atoms with Crippen molar-refractivity contribution in [3.63, 3.8) is 0 Å². The van der Waals surface area contributed by atoms with Crippen LogP contribution in [-0.4, -0.2) is 31.9 Å². The van der Waals surface area contributed by atoms with Gasteiger partial charge in [-0.1, -0.05) is 6.07 Å². The fourth-order valence-corrected chi connectivity index (χ4v) is 4.03. The van der Waals surface area contributed by atoms with E-state index in [4.69, 9.17) is 10.00 Å². The third-order valence-corrected chi connectivity index (χ3v) is 6.24. The van der Waals surface area contributed by atoms with Gasteiger partial charge in [-0.25, -0.2) is 22.9 Å².